The topological polar surface area (TPSA) is 63.4 Å². The summed E-state index contributed by atoms with van der Waals surface area (Å²) in [5.74, 6) is -0.606. The van der Waals surface area contributed by atoms with E-state index in [1.54, 1.807) is 18.2 Å². The van der Waals surface area contributed by atoms with Crippen molar-refractivity contribution in [2.45, 2.75) is 13.8 Å². The molecule has 0 aromatic heterocycles. The summed E-state index contributed by atoms with van der Waals surface area (Å²) in [7, 11) is 1.45. The fourth-order valence-electron chi connectivity index (χ4n) is 1.43. The average molecular weight is 206 g/mol. The van der Waals surface area contributed by atoms with Crippen LogP contribution in [0.2, 0.25) is 0 Å². The smallest absolute Gasteiger partial charge is 0.263 e. The first kappa shape index (κ1) is 11.2. The van der Waals surface area contributed by atoms with Gasteiger partial charge in [-0.2, -0.15) is 0 Å². The second kappa shape index (κ2) is 4.13. The van der Waals surface area contributed by atoms with Gasteiger partial charge in [-0.25, -0.2) is 0 Å². The van der Waals surface area contributed by atoms with E-state index in [1.807, 2.05) is 13.8 Å². The van der Waals surface area contributed by atoms with Gasteiger partial charge in [0, 0.05) is 12.7 Å². The molecule has 1 aromatic carbocycles. The molecule has 0 atom stereocenters. The number of amides is 2. The van der Waals surface area contributed by atoms with Crippen LogP contribution in [0.15, 0.2) is 18.2 Å². The van der Waals surface area contributed by atoms with Crippen LogP contribution < -0.4 is 5.73 Å². The Kier molecular flexibility index (Phi) is 3.09. The fraction of sp³-hybridized carbons (Fsp3) is 0.273. The highest BCUT2D eigenvalue weighted by atomic mass is 16.2. The Labute approximate surface area is 88.7 Å². The SMILES string of the molecule is CC.CN1C(=O)c2cccc(N)c2C1=O. The predicted octanol–water partition coefficient (Wildman–Crippen LogP) is 1.52. The number of fused-ring (bicyclic) bond motifs is 1. The number of nitrogens with two attached hydrogens (primary N) is 1. The highest BCUT2D eigenvalue weighted by Crippen LogP contribution is 2.25. The molecule has 2 amide bonds. The van der Waals surface area contributed by atoms with E-state index in [9.17, 15) is 9.59 Å². The van der Waals surface area contributed by atoms with Gasteiger partial charge in [-0.05, 0) is 12.1 Å². The zero-order chi connectivity index (χ0) is 11.6. The molecule has 0 saturated carbocycles. The summed E-state index contributed by atoms with van der Waals surface area (Å²) < 4.78 is 0. The van der Waals surface area contributed by atoms with Crippen LogP contribution in [0.25, 0.3) is 0 Å². The molecule has 0 fully saturated rings. The van der Waals surface area contributed by atoms with Crippen molar-refractivity contribution in [3.05, 3.63) is 29.3 Å². The second-order valence-electron chi connectivity index (χ2n) is 2.94. The van der Waals surface area contributed by atoms with Crippen LogP contribution in [0.1, 0.15) is 34.6 Å². The Morgan fingerprint density at radius 3 is 2.27 bits per heavy atom. The molecule has 4 heteroatoms. The Morgan fingerprint density at radius 1 is 1.13 bits per heavy atom. The monoisotopic (exact) mass is 206 g/mol. The number of carbonyl (C=O) groups is 2. The van der Waals surface area contributed by atoms with E-state index in [1.165, 1.54) is 7.05 Å². The highest BCUT2D eigenvalue weighted by Gasteiger charge is 2.33. The molecule has 1 aliphatic heterocycles. The number of imide groups is 1. The van der Waals surface area contributed by atoms with Crippen molar-refractivity contribution in [1.29, 1.82) is 0 Å². The van der Waals surface area contributed by atoms with E-state index in [2.05, 4.69) is 0 Å². The number of hydrogen-bond acceptors (Lipinski definition) is 3. The molecule has 4 nitrogen and oxygen atoms in total. The van der Waals surface area contributed by atoms with Crippen molar-refractivity contribution in [2.75, 3.05) is 12.8 Å². The summed E-state index contributed by atoms with van der Waals surface area (Å²) in [6.07, 6.45) is 0. The lowest BCUT2D eigenvalue weighted by molar-refractivity contribution is 0.0693. The van der Waals surface area contributed by atoms with Gasteiger partial charge in [-0.3, -0.25) is 14.5 Å². The Bertz CT molecular complexity index is 413. The molecule has 0 unspecified atom stereocenters. The Balaban J connectivity index is 0.000000531. The summed E-state index contributed by atoms with van der Waals surface area (Å²) >= 11 is 0. The summed E-state index contributed by atoms with van der Waals surface area (Å²) in [5, 5.41) is 0. The van der Waals surface area contributed by atoms with E-state index < -0.39 is 0 Å². The molecule has 1 heterocycles. The number of benzene rings is 1. The van der Waals surface area contributed by atoms with E-state index in [-0.39, 0.29) is 11.8 Å². The molecule has 2 rings (SSSR count). The lowest BCUT2D eigenvalue weighted by Gasteiger charge is -2.03. The molecular formula is C11H14N2O2. The lowest BCUT2D eigenvalue weighted by Crippen LogP contribution is -2.24. The molecule has 0 saturated heterocycles. The molecule has 1 aliphatic rings. The lowest BCUT2D eigenvalue weighted by atomic mass is 10.1. The van der Waals surface area contributed by atoms with Crippen LogP contribution in [-0.2, 0) is 0 Å². The fourth-order valence-corrected chi connectivity index (χ4v) is 1.43. The van der Waals surface area contributed by atoms with Crippen LogP contribution in [0.3, 0.4) is 0 Å². The van der Waals surface area contributed by atoms with Gasteiger partial charge in [0.25, 0.3) is 11.8 Å². The zero-order valence-electron chi connectivity index (χ0n) is 9.07. The Morgan fingerprint density at radius 2 is 1.73 bits per heavy atom. The van der Waals surface area contributed by atoms with Crippen LogP contribution >= 0.6 is 0 Å². The van der Waals surface area contributed by atoms with E-state index >= 15 is 0 Å². The minimum Gasteiger partial charge on any atom is -0.398 e. The maximum absolute atomic E-state index is 11.5. The minimum atomic E-state index is -0.321. The quantitative estimate of drug-likeness (QED) is 0.517. The van der Waals surface area contributed by atoms with Crippen LogP contribution in [0, 0.1) is 0 Å². The van der Waals surface area contributed by atoms with Crippen molar-refractivity contribution < 1.29 is 9.59 Å². The first-order valence-corrected chi connectivity index (χ1v) is 4.84. The van der Waals surface area contributed by atoms with E-state index in [0.717, 1.165) is 4.90 Å². The number of nitrogens with zero attached hydrogens (tertiary/aromatic N) is 1. The van der Waals surface area contributed by atoms with Gasteiger partial charge < -0.3 is 5.73 Å². The molecule has 0 radical (unpaired) electrons. The van der Waals surface area contributed by atoms with Gasteiger partial charge in [0.05, 0.1) is 11.1 Å². The van der Waals surface area contributed by atoms with Gasteiger partial charge in [0.2, 0.25) is 0 Å². The number of nitrogen functional groups attached to an aromatic ring is 1. The average Bonchev–Trinajstić information content (AvgIpc) is 2.48. The molecule has 1 aromatic rings. The van der Waals surface area contributed by atoms with Gasteiger partial charge >= 0.3 is 0 Å². The summed E-state index contributed by atoms with van der Waals surface area (Å²) in [6.45, 7) is 4.00. The molecule has 0 spiro atoms. The van der Waals surface area contributed by atoms with Crippen LogP contribution in [0.5, 0.6) is 0 Å². The number of hydrogen-bond donors (Lipinski definition) is 1. The molecule has 2 N–H and O–H groups in total. The van der Waals surface area contributed by atoms with Crippen LogP contribution in [0.4, 0.5) is 5.69 Å². The number of anilines is 1. The highest BCUT2D eigenvalue weighted by molar-refractivity contribution is 6.23. The summed E-state index contributed by atoms with van der Waals surface area (Å²) in [4.78, 5) is 23.9. The second-order valence-corrected chi connectivity index (χ2v) is 2.94. The third kappa shape index (κ3) is 1.58. The van der Waals surface area contributed by atoms with Crippen molar-refractivity contribution in [2.24, 2.45) is 0 Å². The van der Waals surface area contributed by atoms with Gasteiger partial charge in [0.1, 0.15) is 0 Å². The minimum absolute atomic E-state index is 0.285. The van der Waals surface area contributed by atoms with E-state index in [4.69, 9.17) is 5.73 Å². The van der Waals surface area contributed by atoms with Crippen molar-refractivity contribution >= 4 is 17.5 Å². The van der Waals surface area contributed by atoms with Gasteiger partial charge in [0.15, 0.2) is 0 Å². The number of rotatable bonds is 0. The maximum atomic E-state index is 11.5. The molecule has 0 aliphatic carbocycles. The third-order valence-corrected chi connectivity index (χ3v) is 2.15. The standard InChI is InChI=1S/C9H8N2O2.C2H6/c1-11-8(12)5-3-2-4-6(10)7(5)9(11)13;1-2/h2-4H,10H2,1H3;1-2H3. The van der Waals surface area contributed by atoms with Gasteiger partial charge in [-0.15, -0.1) is 0 Å². The maximum Gasteiger partial charge on any atom is 0.263 e. The molecular weight excluding hydrogens is 192 g/mol. The summed E-state index contributed by atoms with van der Waals surface area (Å²) in [5.41, 5.74) is 6.67. The predicted molar refractivity (Wildman–Crippen MR) is 58.6 cm³/mol. The van der Waals surface area contributed by atoms with Crippen molar-refractivity contribution in [3.63, 3.8) is 0 Å². The van der Waals surface area contributed by atoms with Crippen LogP contribution in [-0.4, -0.2) is 23.8 Å². The normalized spacial score (nSPS) is 13.4. The Hall–Kier alpha value is -1.84. The molecule has 0 bridgehead atoms. The van der Waals surface area contributed by atoms with E-state index in [0.29, 0.717) is 16.8 Å². The van der Waals surface area contributed by atoms with Gasteiger partial charge in [-0.1, -0.05) is 19.9 Å². The number of carbonyl (C=O) groups excluding carboxylic acids is 2. The third-order valence-electron chi connectivity index (χ3n) is 2.15. The first-order valence-electron chi connectivity index (χ1n) is 4.84. The first-order chi connectivity index (χ1) is 7.13. The largest absolute Gasteiger partial charge is 0.398 e. The summed E-state index contributed by atoms with van der Waals surface area (Å²) in [6, 6.07) is 4.89. The van der Waals surface area contributed by atoms with Crippen molar-refractivity contribution in [1.82, 2.24) is 4.90 Å². The molecule has 80 valence electrons. The zero-order valence-corrected chi connectivity index (χ0v) is 9.07. The molecule has 15 heavy (non-hydrogen) atoms. The van der Waals surface area contributed by atoms with Crippen molar-refractivity contribution in [3.8, 4) is 0 Å².